The summed E-state index contributed by atoms with van der Waals surface area (Å²) in [6.07, 6.45) is 0.452. The zero-order valence-electron chi connectivity index (χ0n) is 22.9. The molecule has 2 heterocycles. The van der Waals surface area contributed by atoms with Crippen molar-refractivity contribution in [1.29, 1.82) is 0 Å². The highest BCUT2D eigenvalue weighted by Crippen LogP contribution is 2.31. The molecule has 0 unspecified atom stereocenters. The summed E-state index contributed by atoms with van der Waals surface area (Å²) in [5, 5.41) is 12.6. The number of benzene rings is 3. The van der Waals surface area contributed by atoms with Gasteiger partial charge in [0.1, 0.15) is 19.0 Å². The largest absolute Gasteiger partial charge is 0.486 e. The molecule has 0 bridgehead atoms. The van der Waals surface area contributed by atoms with E-state index in [4.69, 9.17) is 9.47 Å². The third-order valence-electron chi connectivity index (χ3n) is 6.57. The van der Waals surface area contributed by atoms with Crippen LogP contribution in [-0.2, 0) is 4.79 Å². The van der Waals surface area contributed by atoms with Gasteiger partial charge in [0.05, 0.1) is 5.52 Å². The zero-order valence-corrected chi connectivity index (χ0v) is 22.9. The molecule has 5 rings (SSSR count). The van der Waals surface area contributed by atoms with Crippen LogP contribution >= 0.6 is 0 Å². The highest BCUT2D eigenvalue weighted by Gasteiger charge is 2.16. The molecule has 4 aromatic rings. The number of amides is 3. The number of nitrogens with zero attached hydrogens (tertiary/aromatic N) is 1. The van der Waals surface area contributed by atoms with Gasteiger partial charge in [-0.15, -0.1) is 0 Å². The molecule has 0 saturated heterocycles. The van der Waals surface area contributed by atoms with Crippen molar-refractivity contribution in [2.75, 3.05) is 42.3 Å². The van der Waals surface area contributed by atoms with E-state index < -0.39 is 0 Å². The van der Waals surface area contributed by atoms with Crippen molar-refractivity contribution >= 4 is 45.8 Å². The van der Waals surface area contributed by atoms with Crippen LogP contribution in [0.5, 0.6) is 11.5 Å². The molecule has 3 amide bonds. The molecule has 3 aromatic carbocycles. The van der Waals surface area contributed by atoms with E-state index in [1.54, 1.807) is 48.5 Å². The SMILES string of the molecule is CCC(=O)NCCNc1ccc2cc(C(=O)Nc3cc(NC(=O)c4ccc5c(c4)OCCO5)ccc3C)ccc2n1. The molecule has 41 heavy (non-hydrogen) atoms. The zero-order chi connectivity index (χ0) is 28.8. The monoisotopic (exact) mass is 553 g/mol. The number of rotatable bonds is 9. The Kier molecular flexibility index (Phi) is 8.28. The van der Waals surface area contributed by atoms with Crippen LogP contribution < -0.4 is 30.7 Å². The van der Waals surface area contributed by atoms with Gasteiger partial charge in [0.2, 0.25) is 5.91 Å². The molecule has 0 aliphatic carbocycles. The van der Waals surface area contributed by atoms with Crippen LogP contribution in [0.2, 0.25) is 0 Å². The number of carbonyl (C=O) groups is 3. The van der Waals surface area contributed by atoms with Crippen LogP contribution in [0, 0.1) is 6.92 Å². The van der Waals surface area contributed by atoms with Crippen LogP contribution in [0.15, 0.2) is 66.7 Å². The second-order valence-electron chi connectivity index (χ2n) is 9.53. The van der Waals surface area contributed by atoms with Gasteiger partial charge in [-0.1, -0.05) is 13.0 Å². The third kappa shape index (κ3) is 6.73. The van der Waals surface area contributed by atoms with E-state index in [1.165, 1.54) is 0 Å². The molecule has 1 aromatic heterocycles. The lowest BCUT2D eigenvalue weighted by Crippen LogP contribution is -2.28. The number of hydrogen-bond donors (Lipinski definition) is 4. The van der Waals surface area contributed by atoms with Gasteiger partial charge in [-0.3, -0.25) is 14.4 Å². The van der Waals surface area contributed by atoms with Crippen molar-refractivity contribution in [3.05, 3.63) is 83.4 Å². The molecular weight excluding hydrogens is 522 g/mol. The number of fused-ring (bicyclic) bond motifs is 2. The first-order chi connectivity index (χ1) is 19.9. The van der Waals surface area contributed by atoms with Crippen molar-refractivity contribution in [1.82, 2.24) is 10.3 Å². The Morgan fingerprint density at radius 2 is 1.56 bits per heavy atom. The molecule has 10 nitrogen and oxygen atoms in total. The Labute approximate surface area is 237 Å². The van der Waals surface area contributed by atoms with E-state index >= 15 is 0 Å². The molecule has 0 spiro atoms. The number of ether oxygens (including phenoxy) is 2. The van der Waals surface area contributed by atoms with Gasteiger partial charge in [-0.05, 0) is 73.2 Å². The average molecular weight is 554 g/mol. The molecule has 1 aliphatic heterocycles. The Hall–Kier alpha value is -5.12. The summed E-state index contributed by atoms with van der Waals surface area (Å²) in [5.74, 6) is 1.27. The predicted octanol–water partition coefficient (Wildman–Crippen LogP) is 4.76. The fourth-order valence-electron chi connectivity index (χ4n) is 4.30. The lowest BCUT2D eigenvalue weighted by Gasteiger charge is -2.18. The summed E-state index contributed by atoms with van der Waals surface area (Å²) in [4.78, 5) is 42.0. The molecule has 0 radical (unpaired) electrons. The minimum atomic E-state index is -0.301. The minimum Gasteiger partial charge on any atom is -0.486 e. The maximum absolute atomic E-state index is 13.1. The molecule has 10 heteroatoms. The number of nitrogens with one attached hydrogen (secondary N) is 4. The van der Waals surface area contributed by atoms with Gasteiger partial charge in [-0.2, -0.15) is 0 Å². The number of anilines is 3. The number of aryl methyl sites for hydroxylation is 1. The summed E-state index contributed by atoms with van der Waals surface area (Å²) in [7, 11) is 0. The Bertz CT molecular complexity index is 1620. The fourth-order valence-corrected chi connectivity index (χ4v) is 4.30. The van der Waals surface area contributed by atoms with E-state index in [0.717, 1.165) is 16.5 Å². The summed E-state index contributed by atoms with van der Waals surface area (Å²) in [6.45, 7) is 5.67. The Morgan fingerprint density at radius 3 is 2.39 bits per heavy atom. The summed E-state index contributed by atoms with van der Waals surface area (Å²) in [6, 6.07) is 19.4. The highest BCUT2D eigenvalue weighted by molar-refractivity contribution is 6.08. The van der Waals surface area contributed by atoms with Crippen molar-refractivity contribution in [2.24, 2.45) is 0 Å². The first-order valence-electron chi connectivity index (χ1n) is 13.4. The molecule has 0 saturated carbocycles. The topological polar surface area (TPSA) is 131 Å². The van der Waals surface area contributed by atoms with Gasteiger partial charge < -0.3 is 30.7 Å². The van der Waals surface area contributed by atoms with E-state index in [-0.39, 0.29) is 17.7 Å². The maximum Gasteiger partial charge on any atom is 0.255 e. The van der Waals surface area contributed by atoms with E-state index in [0.29, 0.717) is 72.5 Å². The molecule has 0 fully saturated rings. The molecule has 0 atom stereocenters. The van der Waals surface area contributed by atoms with Crippen LogP contribution in [0.1, 0.15) is 39.6 Å². The normalized spacial score (nSPS) is 12.0. The lowest BCUT2D eigenvalue weighted by atomic mass is 10.1. The van der Waals surface area contributed by atoms with Gasteiger partial charge in [-0.25, -0.2) is 4.98 Å². The summed E-state index contributed by atoms with van der Waals surface area (Å²) < 4.78 is 11.1. The van der Waals surface area contributed by atoms with Crippen molar-refractivity contribution in [3.63, 3.8) is 0 Å². The number of pyridine rings is 1. The van der Waals surface area contributed by atoms with Crippen LogP contribution in [0.4, 0.5) is 17.2 Å². The minimum absolute atomic E-state index is 0.00677. The number of carbonyl (C=O) groups excluding carboxylic acids is 3. The van der Waals surface area contributed by atoms with Crippen molar-refractivity contribution < 1.29 is 23.9 Å². The quantitative estimate of drug-likeness (QED) is 0.220. The molecule has 1 aliphatic rings. The van der Waals surface area contributed by atoms with E-state index in [9.17, 15) is 14.4 Å². The number of hydrogen-bond acceptors (Lipinski definition) is 7. The average Bonchev–Trinajstić information content (AvgIpc) is 3.00. The van der Waals surface area contributed by atoms with Crippen LogP contribution in [-0.4, -0.2) is 49.0 Å². The van der Waals surface area contributed by atoms with E-state index in [2.05, 4.69) is 26.3 Å². The second kappa shape index (κ2) is 12.4. The van der Waals surface area contributed by atoms with E-state index in [1.807, 2.05) is 32.0 Å². The van der Waals surface area contributed by atoms with Crippen molar-refractivity contribution in [3.8, 4) is 11.5 Å². The van der Waals surface area contributed by atoms with Crippen molar-refractivity contribution in [2.45, 2.75) is 20.3 Å². The predicted molar refractivity (Wildman–Crippen MR) is 158 cm³/mol. The van der Waals surface area contributed by atoms with Crippen LogP contribution in [0.3, 0.4) is 0 Å². The standard InChI is InChI=1S/C31H31N5O5/c1-3-29(37)33-13-12-32-28-11-7-20-16-21(5-9-24(20)35-28)31(39)36-25-18-23(8-4-19(25)2)34-30(38)22-6-10-26-27(17-22)41-15-14-40-26/h4-11,16-18H,3,12-15H2,1-2H3,(H,32,35)(H,33,37)(H,34,38)(H,36,39). The summed E-state index contributed by atoms with van der Waals surface area (Å²) >= 11 is 0. The first-order valence-corrected chi connectivity index (χ1v) is 13.4. The Balaban J connectivity index is 1.23. The number of aromatic nitrogens is 1. The van der Waals surface area contributed by atoms with Gasteiger partial charge in [0.15, 0.2) is 11.5 Å². The van der Waals surface area contributed by atoms with Gasteiger partial charge in [0, 0.05) is 47.4 Å². The molecule has 4 N–H and O–H groups in total. The lowest BCUT2D eigenvalue weighted by molar-refractivity contribution is -0.120. The molecular formula is C31H31N5O5. The smallest absolute Gasteiger partial charge is 0.255 e. The maximum atomic E-state index is 13.1. The van der Waals surface area contributed by atoms with Gasteiger partial charge >= 0.3 is 0 Å². The first kappa shape index (κ1) is 27.4. The fraction of sp³-hybridized carbons (Fsp3) is 0.226. The second-order valence-corrected chi connectivity index (χ2v) is 9.53. The van der Waals surface area contributed by atoms with Crippen LogP contribution in [0.25, 0.3) is 10.9 Å². The molecule has 210 valence electrons. The Morgan fingerprint density at radius 1 is 0.805 bits per heavy atom. The highest BCUT2D eigenvalue weighted by atomic mass is 16.6. The van der Waals surface area contributed by atoms with Gasteiger partial charge in [0.25, 0.3) is 11.8 Å². The third-order valence-corrected chi connectivity index (χ3v) is 6.57. The summed E-state index contributed by atoms with van der Waals surface area (Å²) in [5.41, 5.74) is 3.64.